The van der Waals surface area contributed by atoms with Crippen LogP contribution in [0, 0.1) is 11.8 Å². The van der Waals surface area contributed by atoms with Crippen molar-refractivity contribution in [2.24, 2.45) is 11.8 Å². The maximum Gasteiger partial charge on any atom is 2.00 e. The molecule has 0 aromatic heterocycles. The normalized spacial score (nSPS) is 7.86. The molecule has 0 aliphatic heterocycles. The number of carboxylic acid groups (broad SMARTS) is 2. The number of rotatable bonds is 2. The van der Waals surface area contributed by atoms with Crippen LogP contribution in [0.5, 0.6) is 0 Å². The molecule has 0 aliphatic rings. The molecular weight excluding hydrogens is 313 g/mol. The van der Waals surface area contributed by atoms with Gasteiger partial charge in [-0.1, -0.05) is 27.7 Å². The van der Waals surface area contributed by atoms with Crippen molar-refractivity contribution in [1.29, 1.82) is 0 Å². The molecule has 0 aliphatic carbocycles. The van der Waals surface area contributed by atoms with Gasteiger partial charge in [0.05, 0.1) is 0 Å². The smallest absolute Gasteiger partial charge is 0.550 e. The Morgan fingerprint density at radius 3 is 0.929 bits per heavy atom. The summed E-state index contributed by atoms with van der Waals surface area (Å²) < 4.78 is 0. The van der Waals surface area contributed by atoms with Crippen molar-refractivity contribution in [3.8, 4) is 0 Å². The number of hydrogen-bond acceptors (Lipinski definition) is 4. The van der Waals surface area contributed by atoms with Crippen molar-refractivity contribution in [3.05, 3.63) is 0 Å². The van der Waals surface area contributed by atoms with Crippen molar-refractivity contribution in [3.63, 3.8) is 0 Å². The maximum atomic E-state index is 9.59. The first-order valence-corrected chi connectivity index (χ1v) is 3.70. The van der Waals surface area contributed by atoms with Gasteiger partial charge in [-0.25, -0.2) is 0 Å². The summed E-state index contributed by atoms with van der Waals surface area (Å²) in [6, 6.07) is 0. The van der Waals surface area contributed by atoms with Crippen LogP contribution in [0.4, 0.5) is 0 Å². The molecule has 0 rings (SSSR count). The second-order valence-corrected chi connectivity index (χ2v) is 2.95. The van der Waals surface area contributed by atoms with Crippen molar-refractivity contribution in [2.75, 3.05) is 0 Å². The van der Waals surface area contributed by atoms with Crippen molar-refractivity contribution in [2.45, 2.75) is 27.7 Å². The van der Waals surface area contributed by atoms with Gasteiger partial charge in [-0.3, -0.25) is 0 Å². The van der Waals surface area contributed by atoms with E-state index in [1.165, 1.54) is 0 Å². The van der Waals surface area contributed by atoms with Crippen LogP contribution < -0.4 is 10.2 Å². The predicted molar refractivity (Wildman–Crippen MR) is 49.1 cm³/mol. The Morgan fingerprint density at radius 2 is 0.929 bits per heavy atom. The molecule has 2 N–H and O–H groups in total. The Hall–Kier alpha value is 0.471. The van der Waals surface area contributed by atoms with Gasteiger partial charge in [-0.05, 0) is 11.8 Å². The molecule has 0 amide bonds. The van der Waals surface area contributed by atoms with Gasteiger partial charge >= 0.3 is 48.9 Å². The van der Waals surface area contributed by atoms with Crippen LogP contribution in [0.25, 0.3) is 0 Å². The van der Waals surface area contributed by atoms with Crippen molar-refractivity contribution < 1.29 is 25.3 Å². The van der Waals surface area contributed by atoms with Crippen LogP contribution in [0.3, 0.4) is 0 Å². The monoisotopic (exact) mass is 330 g/mol. The van der Waals surface area contributed by atoms with Crippen molar-refractivity contribution in [1.82, 2.24) is 0 Å². The minimum atomic E-state index is -0.991. The summed E-state index contributed by atoms with van der Waals surface area (Å²) in [5, 5.41) is 19.2. The maximum absolute atomic E-state index is 9.59. The van der Waals surface area contributed by atoms with Gasteiger partial charge in [0, 0.05) is 11.9 Å². The van der Waals surface area contributed by atoms with Gasteiger partial charge in [0.25, 0.3) is 0 Å². The first kappa shape index (κ1) is 24.0. The van der Waals surface area contributed by atoms with E-state index in [0.717, 1.165) is 0 Å². The number of carbonyl (C=O) groups is 2. The molecule has 0 saturated heterocycles. The molecular formula is C8H16BaO5. The summed E-state index contributed by atoms with van der Waals surface area (Å²) in [5.41, 5.74) is 0. The summed E-state index contributed by atoms with van der Waals surface area (Å²) in [4.78, 5) is 19.2. The predicted octanol–water partition coefficient (Wildman–Crippen LogP) is -2.42. The van der Waals surface area contributed by atoms with Crippen molar-refractivity contribution >= 4 is 60.8 Å². The standard InChI is InChI=1S/2C4H8O2.Ba.H2O/c2*1-3(2)4(5)6;;/h2*3H,1-2H3,(H,5,6);;1H2/q;;+2;/p-2. The zero-order chi connectivity index (χ0) is 10.3. The molecule has 0 saturated carbocycles. The molecule has 0 fully saturated rings. The van der Waals surface area contributed by atoms with E-state index in [2.05, 4.69) is 0 Å². The average Bonchev–Trinajstić information content (AvgIpc) is 1.88. The van der Waals surface area contributed by atoms with Gasteiger partial charge in [-0.2, -0.15) is 0 Å². The third kappa shape index (κ3) is 22.9. The zero-order valence-electron chi connectivity index (χ0n) is 8.99. The Bertz CT molecular complexity index is 138. The Kier molecular flexibility index (Phi) is 23.0. The molecule has 14 heavy (non-hydrogen) atoms. The van der Waals surface area contributed by atoms with E-state index in [4.69, 9.17) is 0 Å². The number of carboxylic acids is 2. The van der Waals surface area contributed by atoms with Gasteiger partial charge in [0.2, 0.25) is 0 Å². The molecule has 0 heterocycles. The summed E-state index contributed by atoms with van der Waals surface area (Å²) in [6.07, 6.45) is 0. The minimum absolute atomic E-state index is 0. The molecule has 0 radical (unpaired) electrons. The Balaban J connectivity index is -0.0000000625. The van der Waals surface area contributed by atoms with E-state index in [-0.39, 0.29) is 66.2 Å². The first-order valence-electron chi connectivity index (χ1n) is 3.70. The fourth-order valence-electron chi connectivity index (χ4n) is 0. The van der Waals surface area contributed by atoms with Crippen LogP contribution in [0.1, 0.15) is 27.7 Å². The van der Waals surface area contributed by atoms with Crippen LogP contribution in [-0.4, -0.2) is 66.3 Å². The number of carbonyl (C=O) groups excluding carboxylic acids is 2. The molecule has 80 valence electrons. The molecule has 0 spiro atoms. The molecule has 0 bridgehead atoms. The number of hydrogen-bond donors (Lipinski definition) is 0. The van der Waals surface area contributed by atoms with Gasteiger partial charge in [0.15, 0.2) is 0 Å². The molecule has 5 nitrogen and oxygen atoms in total. The fourth-order valence-corrected chi connectivity index (χ4v) is 0. The van der Waals surface area contributed by atoms with Crippen LogP contribution >= 0.6 is 0 Å². The summed E-state index contributed by atoms with van der Waals surface area (Å²) in [7, 11) is 0. The molecule has 0 atom stereocenters. The average molecular weight is 330 g/mol. The zero-order valence-corrected chi connectivity index (χ0v) is 13.4. The summed E-state index contributed by atoms with van der Waals surface area (Å²) in [5.74, 6) is -2.67. The summed E-state index contributed by atoms with van der Waals surface area (Å²) in [6.45, 7) is 6.31. The number of aliphatic carboxylic acids is 2. The molecule has 0 unspecified atom stereocenters. The third-order valence-electron chi connectivity index (χ3n) is 0.943. The van der Waals surface area contributed by atoms with E-state index in [9.17, 15) is 19.8 Å². The van der Waals surface area contributed by atoms with Crippen LogP contribution in [0.15, 0.2) is 0 Å². The molecule has 0 aromatic rings. The second-order valence-electron chi connectivity index (χ2n) is 2.95. The van der Waals surface area contributed by atoms with E-state index in [1.807, 2.05) is 0 Å². The van der Waals surface area contributed by atoms with E-state index in [1.54, 1.807) is 27.7 Å². The van der Waals surface area contributed by atoms with Crippen LogP contribution in [-0.2, 0) is 9.59 Å². The van der Waals surface area contributed by atoms with Gasteiger partial charge in [0.1, 0.15) is 0 Å². The Labute approximate surface area is 124 Å². The summed E-state index contributed by atoms with van der Waals surface area (Å²) >= 11 is 0. The van der Waals surface area contributed by atoms with E-state index in [0.29, 0.717) is 0 Å². The fraction of sp³-hybridized carbons (Fsp3) is 0.750. The van der Waals surface area contributed by atoms with E-state index >= 15 is 0 Å². The minimum Gasteiger partial charge on any atom is -0.550 e. The van der Waals surface area contributed by atoms with Gasteiger partial charge in [-0.15, -0.1) is 0 Å². The third-order valence-corrected chi connectivity index (χ3v) is 0.943. The quantitative estimate of drug-likeness (QED) is 0.525. The van der Waals surface area contributed by atoms with Gasteiger partial charge < -0.3 is 25.3 Å². The Morgan fingerprint density at radius 1 is 0.857 bits per heavy atom. The molecule has 6 heteroatoms. The first-order chi connectivity index (χ1) is 5.29. The van der Waals surface area contributed by atoms with Crippen LogP contribution in [0.2, 0.25) is 0 Å². The topological polar surface area (TPSA) is 112 Å². The second kappa shape index (κ2) is 13.5. The largest absolute Gasteiger partial charge is 2.00 e. The SMILES string of the molecule is CC(C)C(=O)[O-].CC(C)C(=O)[O-].O.[Ba+2]. The van der Waals surface area contributed by atoms with E-state index < -0.39 is 11.9 Å². The molecule has 0 aromatic carbocycles.